The van der Waals surface area contributed by atoms with E-state index in [0.717, 1.165) is 30.7 Å². The third-order valence-corrected chi connectivity index (χ3v) is 4.16. The van der Waals surface area contributed by atoms with Gasteiger partial charge in [0.05, 0.1) is 6.54 Å². The van der Waals surface area contributed by atoms with Crippen LogP contribution in [0.4, 0.5) is 4.79 Å². The Kier molecular flexibility index (Phi) is 8.23. The summed E-state index contributed by atoms with van der Waals surface area (Å²) in [6.07, 6.45) is 4.53. The first-order chi connectivity index (χ1) is 13.8. The number of nitrogens with one attached hydrogen (secondary N) is 3. The van der Waals surface area contributed by atoms with Crippen molar-refractivity contribution in [3.63, 3.8) is 0 Å². The first kappa shape index (κ1) is 22.4. The van der Waals surface area contributed by atoms with E-state index < -0.39 is 11.7 Å². The molecule has 2 aromatic heterocycles. The van der Waals surface area contributed by atoms with Crippen LogP contribution in [-0.2, 0) is 11.3 Å². The van der Waals surface area contributed by atoms with Crippen molar-refractivity contribution in [2.45, 2.75) is 65.1 Å². The molecule has 0 aliphatic rings. The van der Waals surface area contributed by atoms with Crippen molar-refractivity contribution in [1.29, 1.82) is 0 Å². The Labute approximate surface area is 172 Å². The minimum Gasteiger partial charge on any atom is -0.444 e. The molecule has 0 aliphatic carbocycles. The van der Waals surface area contributed by atoms with Crippen LogP contribution >= 0.6 is 0 Å². The second-order valence-corrected chi connectivity index (χ2v) is 7.84. The van der Waals surface area contributed by atoms with Crippen molar-refractivity contribution < 1.29 is 9.53 Å². The lowest BCUT2D eigenvalue weighted by atomic mass is 10.1. The zero-order valence-electron chi connectivity index (χ0n) is 18.0. The number of unbranched alkanes of at least 4 members (excludes halogenated alkanes) is 1. The van der Waals surface area contributed by atoms with Gasteiger partial charge in [-0.05, 0) is 39.3 Å². The Bertz CT molecular complexity index is 811. The number of carbonyl (C=O) groups is 1. The number of hydrogen-bond acceptors (Lipinski definition) is 5. The van der Waals surface area contributed by atoms with Gasteiger partial charge in [-0.2, -0.15) is 0 Å². The molecule has 1 unspecified atom stereocenters. The van der Waals surface area contributed by atoms with Crippen molar-refractivity contribution in [2.75, 3.05) is 13.6 Å². The fourth-order valence-corrected chi connectivity index (χ4v) is 2.76. The molecule has 0 aliphatic heterocycles. The summed E-state index contributed by atoms with van der Waals surface area (Å²) in [7, 11) is 1.72. The summed E-state index contributed by atoms with van der Waals surface area (Å²) in [6, 6.07) is 5.81. The molecule has 9 nitrogen and oxygen atoms in total. The molecule has 3 N–H and O–H groups in total. The zero-order chi connectivity index (χ0) is 21.3. The third kappa shape index (κ3) is 7.59. The fraction of sp³-hybridized carbons (Fsp3) is 0.600. The van der Waals surface area contributed by atoms with Crippen molar-refractivity contribution >= 4 is 17.7 Å². The number of aromatic nitrogens is 3. The number of fused-ring (bicyclic) bond motifs is 1. The van der Waals surface area contributed by atoms with E-state index in [-0.39, 0.29) is 6.04 Å². The average Bonchev–Trinajstić information content (AvgIpc) is 3.08. The van der Waals surface area contributed by atoms with Gasteiger partial charge >= 0.3 is 6.09 Å². The number of hydrogen-bond donors (Lipinski definition) is 3. The van der Waals surface area contributed by atoms with E-state index in [1.54, 1.807) is 7.05 Å². The minimum absolute atomic E-state index is 0.0313. The van der Waals surface area contributed by atoms with Gasteiger partial charge in [-0.25, -0.2) is 4.79 Å². The average molecular weight is 404 g/mol. The Balaban J connectivity index is 1.92. The van der Waals surface area contributed by atoms with Crippen LogP contribution in [-0.4, -0.2) is 51.9 Å². The van der Waals surface area contributed by atoms with Crippen LogP contribution in [0.5, 0.6) is 0 Å². The molecule has 9 heteroatoms. The molecule has 1 atom stereocenters. The summed E-state index contributed by atoms with van der Waals surface area (Å²) < 4.78 is 7.25. The fourth-order valence-electron chi connectivity index (χ4n) is 2.76. The van der Waals surface area contributed by atoms with Crippen molar-refractivity contribution in [2.24, 2.45) is 4.99 Å². The van der Waals surface area contributed by atoms with E-state index >= 15 is 0 Å². The van der Waals surface area contributed by atoms with Gasteiger partial charge in [0.2, 0.25) is 0 Å². The van der Waals surface area contributed by atoms with Gasteiger partial charge in [0, 0.05) is 25.8 Å². The van der Waals surface area contributed by atoms with Gasteiger partial charge in [-0.15, -0.1) is 10.2 Å². The number of aliphatic imine (C=N–C) groups is 1. The van der Waals surface area contributed by atoms with E-state index in [1.807, 2.05) is 49.6 Å². The van der Waals surface area contributed by atoms with E-state index in [0.29, 0.717) is 19.0 Å². The molecule has 1 amide bonds. The molecule has 2 rings (SSSR count). The predicted octanol–water partition coefficient (Wildman–Crippen LogP) is 2.48. The molecule has 0 spiro atoms. The number of alkyl carbamates (subject to hydrolysis) is 1. The molecule has 2 aromatic rings. The first-order valence-electron chi connectivity index (χ1n) is 10.0. The van der Waals surface area contributed by atoms with Crippen LogP contribution in [0.1, 0.15) is 52.8 Å². The molecular formula is C20H33N7O2. The maximum Gasteiger partial charge on any atom is 0.407 e. The molecule has 160 valence electrons. The predicted molar refractivity (Wildman–Crippen MR) is 114 cm³/mol. The third-order valence-electron chi connectivity index (χ3n) is 4.16. The van der Waals surface area contributed by atoms with E-state index in [9.17, 15) is 4.79 Å². The lowest BCUT2D eigenvalue weighted by Crippen LogP contribution is -2.48. The maximum absolute atomic E-state index is 12.0. The van der Waals surface area contributed by atoms with E-state index in [1.165, 1.54) is 0 Å². The van der Waals surface area contributed by atoms with Crippen LogP contribution < -0.4 is 16.0 Å². The van der Waals surface area contributed by atoms with Gasteiger partial charge in [0.25, 0.3) is 0 Å². The first-order valence-corrected chi connectivity index (χ1v) is 10.0. The Morgan fingerprint density at radius 3 is 2.76 bits per heavy atom. The molecule has 0 bridgehead atoms. The normalized spacial score (nSPS) is 13.2. The van der Waals surface area contributed by atoms with E-state index in [2.05, 4.69) is 38.1 Å². The lowest BCUT2D eigenvalue weighted by Gasteiger charge is -2.24. The summed E-state index contributed by atoms with van der Waals surface area (Å²) in [5, 5.41) is 17.9. The summed E-state index contributed by atoms with van der Waals surface area (Å²) in [4.78, 5) is 16.3. The Morgan fingerprint density at radius 2 is 2.07 bits per heavy atom. The summed E-state index contributed by atoms with van der Waals surface area (Å²) in [5.41, 5.74) is 0.282. The summed E-state index contributed by atoms with van der Waals surface area (Å²) >= 11 is 0. The number of guanidine groups is 1. The topological polar surface area (TPSA) is 105 Å². The van der Waals surface area contributed by atoms with Gasteiger partial charge in [0.15, 0.2) is 17.4 Å². The number of carbonyl (C=O) groups excluding carboxylic acids is 1. The minimum atomic E-state index is -0.519. The lowest BCUT2D eigenvalue weighted by molar-refractivity contribution is 0.0523. The number of amides is 1. The highest BCUT2D eigenvalue weighted by molar-refractivity contribution is 5.80. The molecule has 0 radical (unpaired) electrons. The second-order valence-electron chi connectivity index (χ2n) is 7.84. The SMILES string of the molecule is CCCCC(CNC(=O)OC(C)(C)C)NC(=NC)NCc1nnc2ccccn12. The second kappa shape index (κ2) is 10.6. The highest BCUT2D eigenvalue weighted by Gasteiger charge is 2.18. The Hall–Kier alpha value is -2.84. The zero-order valence-corrected chi connectivity index (χ0v) is 18.0. The van der Waals surface area contributed by atoms with Crippen LogP contribution in [0.25, 0.3) is 5.65 Å². The van der Waals surface area contributed by atoms with Crippen LogP contribution in [0.3, 0.4) is 0 Å². The van der Waals surface area contributed by atoms with Gasteiger partial charge in [0.1, 0.15) is 5.60 Å². The van der Waals surface area contributed by atoms with Crippen molar-refractivity contribution in [1.82, 2.24) is 30.5 Å². The number of rotatable bonds is 8. The standard InChI is InChI=1S/C20H33N7O2/c1-6-7-10-15(13-23-19(28)29-20(2,3)4)24-18(21-5)22-14-17-26-25-16-11-8-9-12-27(16)17/h8-9,11-12,15H,6-7,10,13-14H2,1-5H3,(H,23,28)(H2,21,22,24). The maximum atomic E-state index is 12.0. The Morgan fingerprint density at radius 1 is 1.28 bits per heavy atom. The number of ether oxygens (including phenoxy) is 1. The molecule has 0 fully saturated rings. The molecule has 0 aromatic carbocycles. The van der Waals surface area contributed by atoms with Crippen LogP contribution in [0, 0.1) is 0 Å². The molecule has 0 saturated carbocycles. The summed E-state index contributed by atoms with van der Waals surface area (Å²) in [5.74, 6) is 1.44. The van der Waals surface area contributed by atoms with Crippen molar-refractivity contribution in [3.8, 4) is 0 Å². The molecule has 0 saturated heterocycles. The van der Waals surface area contributed by atoms with Crippen molar-refractivity contribution in [3.05, 3.63) is 30.2 Å². The van der Waals surface area contributed by atoms with Gasteiger partial charge in [-0.3, -0.25) is 9.39 Å². The van der Waals surface area contributed by atoms with Crippen LogP contribution in [0.2, 0.25) is 0 Å². The quantitative estimate of drug-likeness (QED) is 0.462. The van der Waals surface area contributed by atoms with Gasteiger partial charge in [-0.1, -0.05) is 25.8 Å². The number of nitrogens with zero attached hydrogens (tertiary/aromatic N) is 4. The number of pyridine rings is 1. The molecule has 29 heavy (non-hydrogen) atoms. The highest BCUT2D eigenvalue weighted by atomic mass is 16.6. The smallest absolute Gasteiger partial charge is 0.407 e. The van der Waals surface area contributed by atoms with Gasteiger partial charge < -0.3 is 20.7 Å². The largest absolute Gasteiger partial charge is 0.444 e. The monoisotopic (exact) mass is 403 g/mol. The summed E-state index contributed by atoms with van der Waals surface area (Å²) in [6.45, 7) is 8.61. The van der Waals surface area contributed by atoms with E-state index in [4.69, 9.17) is 4.74 Å². The molecule has 2 heterocycles. The van der Waals surface area contributed by atoms with Crippen LogP contribution in [0.15, 0.2) is 29.4 Å². The highest BCUT2D eigenvalue weighted by Crippen LogP contribution is 2.07. The molecular weight excluding hydrogens is 370 g/mol.